The summed E-state index contributed by atoms with van der Waals surface area (Å²) in [5.41, 5.74) is 3.41. The van der Waals surface area contributed by atoms with E-state index in [0.717, 1.165) is 38.8 Å². The van der Waals surface area contributed by atoms with E-state index < -0.39 is 7.14 Å². The van der Waals surface area contributed by atoms with Gasteiger partial charge in [-0.3, -0.25) is 4.90 Å². The molecule has 1 aliphatic heterocycles. The van der Waals surface area contributed by atoms with Crippen molar-refractivity contribution in [3.8, 4) is 11.5 Å². The monoisotopic (exact) mass is 469 g/mol. The summed E-state index contributed by atoms with van der Waals surface area (Å²) in [4.78, 5) is 2.34. The third kappa shape index (κ3) is 4.04. The van der Waals surface area contributed by atoms with Crippen LogP contribution < -0.4 is 20.1 Å². The van der Waals surface area contributed by atoms with E-state index in [9.17, 15) is 0 Å². The second kappa shape index (κ2) is 9.50. The maximum Gasteiger partial charge on any atom is 0.163 e. The van der Waals surface area contributed by atoms with Gasteiger partial charge in [0.05, 0.1) is 20.0 Å². The largest absolute Gasteiger partial charge is 0.497 e. The summed E-state index contributed by atoms with van der Waals surface area (Å²) in [6.07, 6.45) is 0. The molecule has 0 bridgehead atoms. The summed E-state index contributed by atoms with van der Waals surface area (Å²) in [6.45, 7) is 1.38. The quantitative estimate of drug-likeness (QED) is 0.324. The zero-order chi connectivity index (χ0) is 23.5. The van der Waals surface area contributed by atoms with Crippen LogP contribution >= 0.6 is 7.14 Å². The highest BCUT2D eigenvalue weighted by Crippen LogP contribution is 2.62. The predicted molar refractivity (Wildman–Crippen MR) is 138 cm³/mol. The molecule has 4 aromatic rings. The first-order chi connectivity index (χ1) is 16.6. The fourth-order valence-corrected chi connectivity index (χ4v) is 8.22. The molecular formula is C29H28NO3P. The van der Waals surface area contributed by atoms with Crippen molar-refractivity contribution in [1.29, 1.82) is 0 Å². The maximum atomic E-state index is 15.3. The van der Waals surface area contributed by atoms with Crippen molar-refractivity contribution in [2.75, 3.05) is 14.2 Å². The second-order valence-electron chi connectivity index (χ2n) is 8.52. The Labute approximate surface area is 201 Å². The molecule has 0 saturated heterocycles. The minimum absolute atomic E-state index is 0.277. The molecule has 4 nitrogen and oxygen atoms in total. The summed E-state index contributed by atoms with van der Waals surface area (Å²) in [5.74, 6) is 1.37. The van der Waals surface area contributed by atoms with Crippen molar-refractivity contribution in [2.45, 2.75) is 18.9 Å². The van der Waals surface area contributed by atoms with Gasteiger partial charge in [-0.25, -0.2) is 0 Å². The van der Waals surface area contributed by atoms with Crippen molar-refractivity contribution < 1.29 is 14.0 Å². The molecule has 0 radical (unpaired) electrons. The summed E-state index contributed by atoms with van der Waals surface area (Å²) >= 11 is 0. The Kier molecular flexibility index (Phi) is 6.28. The zero-order valence-electron chi connectivity index (χ0n) is 19.4. The van der Waals surface area contributed by atoms with Crippen LogP contribution in [0.4, 0.5) is 0 Å². The minimum atomic E-state index is -3.08. The van der Waals surface area contributed by atoms with Crippen LogP contribution in [0.2, 0.25) is 0 Å². The van der Waals surface area contributed by atoms with E-state index in [1.54, 1.807) is 14.2 Å². The molecule has 0 N–H and O–H groups in total. The first-order valence-electron chi connectivity index (χ1n) is 11.4. The van der Waals surface area contributed by atoms with Crippen LogP contribution in [0, 0.1) is 0 Å². The molecule has 5 heteroatoms. The molecule has 0 spiro atoms. The zero-order valence-corrected chi connectivity index (χ0v) is 20.3. The van der Waals surface area contributed by atoms with E-state index in [1.807, 2.05) is 78.9 Å². The summed E-state index contributed by atoms with van der Waals surface area (Å²) in [6, 6.07) is 34.1. The van der Waals surface area contributed by atoms with Gasteiger partial charge < -0.3 is 14.0 Å². The number of hydrogen-bond donors (Lipinski definition) is 0. The van der Waals surface area contributed by atoms with Gasteiger partial charge in [-0.2, -0.15) is 0 Å². The highest BCUT2D eigenvalue weighted by atomic mass is 31.2. The average molecular weight is 470 g/mol. The molecule has 0 saturated carbocycles. The number of benzene rings is 4. The lowest BCUT2D eigenvalue weighted by molar-refractivity contribution is 0.259. The fraction of sp³-hybridized carbons (Fsp3) is 0.172. The SMILES string of the molecule is COc1ccc(CN2Cc3cc(OC)ccc3C2P(=O)(c2ccccc2)c2ccccc2)cc1. The van der Waals surface area contributed by atoms with Gasteiger partial charge in [-0.1, -0.05) is 78.9 Å². The standard InChI is InChI=1S/C29H28NO3P/c1-32-24-15-13-22(14-16-24)20-30-21-23-19-25(33-2)17-18-28(23)29(30)34(31,26-9-5-3-6-10-26)27-11-7-4-8-12-27/h3-19,29H,20-21H2,1-2H3. The van der Waals surface area contributed by atoms with E-state index in [1.165, 1.54) is 0 Å². The molecule has 172 valence electrons. The van der Waals surface area contributed by atoms with E-state index in [-0.39, 0.29) is 5.78 Å². The first-order valence-corrected chi connectivity index (χ1v) is 13.2. The van der Waals surface area contributed by atoms with Crippen LogP contribution in [-0.4, -0.2) is 19.1 Å². The number of fused-ring (bicyclic) bond motifs is 1. The molecular weight excluding hydrogens is 441 g/mol. The van der Waals surface area contributed by atoms with Gasteiger partial charge in [-0.15, -0.1) is 0 Å². The van der Waals surface area contributed by atoms with Gasteiger partial charge in [0.25, 0.3) is 0 Å². The lowest BCUT2D eigenvalue weighted by Crippen LogP contribution is -2.30. The van der Waals surface area contributed by atoms with Crippen molar-refractivity contribution in [1.82, 2.24) is 4.90 Å². The van der Waals surface area contributed by atoms with Crippen LogP contribution in [0.25, 0.3) is 0 Å². The van der Waals surface area contributed by atoms with Crippen LogP contribution in [-0.2, 0) is 17.7 Å². The van der Waals surface area contributed by atoms with Crippen LogP contribution in [0.3, 0.4) is 0 Å². The molecule has 1 unspecified atom stereocenters. The molecule has 1 heterocycles. The van der Waals surface area contributed by atoms with Gasteiger partial charge in [0, 0.05) is 23.7 Å². The lowest BCUT2D eigenvalue weighted by Gasteiger charge is -2.33. The molecule has 0 aromatic heterocycles. The van der Waals surface area contributed by atoms with E-state index in [4.69, 9.17) is 9.47 Å². The molecule has 5 rings (SSSR count). The average Bonchev–Trinajstić information content (AvgIpc) is 3.27. The predicted octanol–water partition coefficient (Wildman–Crippen LogP) is 5.73. The third-order valence-electron chi connectivity index (χ3n) is 6.52. The molecule has 0 aliphatic carbocycles. The van der Waals surface area contributed by atoms with Gasteiger partial charge in [0.2, 0.25) is 0 Å². The minimum Gasteiger partial charge on any atom is -0.497 e. The normalized spacial score (nSPS) is 15.6. The Hall–Kier alpha value is -3.33. The molecule has 4 aromatic carbocycles. The molecule has 1 aliphatic rings. The van der Waals surface area contributed by atoms with Crippen LogP contribution in [0.15, 0.2) is 103 Å². The first kappa shape index (κ1) is 22.5. The highest BCUT2D eigenvalue weighted by molar-refractivity contribution is 7.79. The Balaban J connectivity index is 1.66. The summed E-state index contributed by atoms with van der Waals surface area (Å²) in [7, 11) is 0.279. The Bertz CT molecular complexity index is 1260. The fourth-order valence-electron chi connectivity index (χ4n) is 4.86. The maximum absolute atomic E-state index is 15.3. The van der Waals surface area contributed by atoms with Crippen molar-refractivity contribution in [2.24, 2.45) is 0 Å². The van der Waals surface area contributed by atoms with Gasteiger partial charge in [0.15, 0.2) is 7.14 Å². The number of methoxy groups -OCH3 is 2. The van der Waals surface area contributed by atoms with Crippen LogP contribution in [0.1, 0.15) is 22.5 Å². The molecule has 34 heavy (non-hydrogen) atoms. The number of nitrogens with zero attached hydrogens (tertiary/aromatic N) is 1. The second-order valence-corrected chi connectivity index (χ2v) is 11.4. The molecule has 0 fully saturated rings. The summed E-state index contributed by atoms with van der Waals surface area (Å²) in [5, 5.41) is 1.74. The van der Waals surface area contributed by atoms with E-state index >= 15 is 4.57 Å². The van der Waals surface area contributed by atoms with Gasteiger partial charge >= 0.3 is 0 Å². The smallest absolute Gasteiger partial charge is 0.163 e. The van der Waals surface area contributed by atoms with E-state index in [2.05, 4.69) is 29.2 Å². The Morgan fingerprint density at radius 3 is 1.88 bits per heavy atom. The Morgan fingerprint density at radius 1 is 0.765 bits per heavy atom. The topological polar surface area (TPSA) is 38.8 Å². The molecule has 1 atom stereocenters. The van der Waals surface area contributed by atoms with Gasteiger partial charge in [0.1, 0.15) is 11.5 Å². The summed E-state index contributed by atoms with van der Waals surface area (Å²) < 4.78 is 26.2. The van der Waals surface area contributed by atoms with Crippen molar-refractivity contribution in [3.05, 3.63) is 120 Å². The number of rotatable bonds is 7. The third-order valence-corrected chi connectivity index (χ3v) is 9.94. The Morgan fingerprint density at radius 2 is 1.32 bits per heavy atom. The van der Waals surface area contributed by atoms with Crippen molar-refractivity contribution >= 4 is 17.8 Å². The lowest BCUT2D eigenvalue weighted by atomic mass is 10.1. The highest BCUT2D eigenvalue weighted by Gasteiger charge is 2.45. The van der Waals surface area contributed by atoms with E-state index in [0.29, 0.717) is 13.1 Å². The molecule has 0 amide bonds. The van der Waals surface area contributed by atoms with Crippen molar-refractivity contribution in [3.63, 3.8) is 0 Å². The number of hydrogen-bond acceptors (Lipinski definition) is 4. The van der Waals surface area contributed by atoms with Gasteiger partial charge in [-0.05, 0) is 41.0 Å². The number of ether oxygens (including phenoxy) is 2. The van der Waals surface area contributed by atoms with Crippen LogP contribution in [0.5, 0.6) is 11.5 Å².